The molecule has 40 heavy (non-hydrogen) atoms. The first kappa shape index (κ1) is 29.6. The molecule has 1 fully saturated rings. The second-order valence-corrected chi connectivity index (χ2v) is 12.3. The van der Waals surface area contributed by atoms with Crippen molar-refractivity contribution in [3.05, 3.63) is 72.9 Å². The Morgan fingerprint density at radius 1 is 1.18 bits per heavy atom. The van der Waals surface area contributed by atoms with Gasteiger partial charge in [0, 0.05) is 37.7 Å². The van der Waals surface area contributed by atoms with Crippen LogP contribution in [0.15, 0.2) is 44.8 Å². The normalized spacial score (nSPS) is 16.5. The van der Waals surface area contributed by atoms with Crippen LogP contribution in [0.3, 0.4) is 0 Å². The lowest BCUT2D eigenvalue weighted by Gasteiger charge is -2.23. The third-order valence-electron chi connectivity index (χ3n) is 7.07. The minimum absolute atomic E-state index is 0.0453. The number of hydrogen-bond donors (Lipinski definition) is 2. The number of amides is 1. The van der Waals surface area contributed by atoms with E-state index in [1.165, 1.54) is 32.2 Å². The number of halogens is 4. The maximum atomic E-state index is 14.1. The van der Waals surface area contributed by atoms with Gasteiger partial charge in [0.1, 0.15) is 0 Å². The van der Waals surface area contributed by atoms with Crippen LogP contribution in [-0.2, 0) is 29.1 Å². The van der Waals surface area contributed by atoms with Gasteiger partial charge >= 0.3 is 18.0 Å². The van der Waals surface area contributed by atoms with E-state index in [9.17, 15) is 41.1 Å². The number of carboxylic acid groups (broad SMARTS) is 1. The Morgan fingerprint density at radius 3 is 2.50 bits per heavy atom. The number of likely N-dealkylation sites (tertiary alicyclic amines) is 1. The Balaban J connectivity index is 1.78. The second kappa shape index (κ2) is 10.9. The van der Waals surface area contributed by atoms with E-state index in [-0.39, 0.29) is 51.4 Å². The highest BCUT2D eigenvalue weighted by Crippen LogP contribution is 2.35. The smallest absolute Gasteiger partial charge is 0.416 e. The molecular weight excluding hydrogens is 577 g/mol. The van der Waals surface area contributed by atoms with E-state index in [1.54, 1.807) is 4.90 Å². The summed E-state index contributed by atoms with van der Waals surface area (Å²) in [5.74, 6) is -0.257. The molecule has 0 saturated carbocycles. The van der Waals surface area contributed by atoms with Gasteiger partial charge in [-0.2, -0.15) is 13.2 Å². The summed E-state index contributed by atoms with van der Waals surface area (Å²) in [6.45, 7) is 1.29. The Morgan fingerprint density at radius 2 is 1.88 bits per heavy atom. The summed E-state index contributed by atoms with van der Waals surface area (Å²) >= 11 is 6.02. The summed E-state index contributed by atoms with van der Waals surface area (Å²) in [5, 5.41) is 8.94. The van der Waals surface area contributed by atoms with Gasteiger partial charge in [0.05, 0.1) is 33.7 Å². The summed E-state index contributed by atoms with van der Waals surface area (Å²) in [4.78, 5) is 42.6. The van der Waals surface area contributed by atoms with Crippen LogP contribution in [0.1, 0.15) is 30.0 Å². The quantitative estimate of drug-likeness (QED) is 0.424. The Kier molecular flexibility index (Phi) is 8.07. The van der Waals surface area contributed by atoms with E-state index in [1.807, 2.05) is 0 Å². The van der Waals surface area contributed by atoms with E-state index in [0.717, 1.165) is 11.0 Å². The predicted molar refractivity (Wildman–Crippen MR) is 142 cm³/mol. The van der Waals surface area contributed by atoms with Crippen LogP contribution in [0, 0.1) is 0 Å². The molecule has 4 rings (SSSR count). The van der Waals surface area contributed by atoms with E-state index in [4.69, 9.17) is 11.6 Å². The number of fused-ring (bicyclic) bond motifs is 1. The molecule has 3 aromatic rings. The van der Waals surface area contributed by atoms with Gasteiger partial charge in [-0.25, -0.2) is 18.0 Å². The minimum Gasteiger partial charge on any atom is -0.465 e. The fourth-order valence-corrected chi connectivity index (χ4v) is 6.16. The highest BCUT2D eigenvalue weighted by molar-refractivity contribution is 7.91. The number of likely N-dealkylation sites (N-methyl/N-ethyl adjacent to an activating group) is 1. The van der Waals surface area contributed by atoms with Gasteiger partial charge in [0.15, 0.2) is 9.84 Å². The first-order chi connectivity index (χ1) is 18.6. The Bertz CT molecular complexity index is 1700. The third-order valence-corrected chi connectivity index (χ3v) is 9.13. The molecule has 216 valence electrons. The molecule has 1 saturated heterocycles. The van der Waals surface area contributed by atoms with Crippen LogP contribution < -0.4 is 11.2 Å². The van der Waals surface area contributed by atoms with Crippen LogP contribution in [0.4, 0.5) is 18.0 Å². The van der Waals surface area contributed by atoms with Crippen molar-refractivity contribution in [2.24, 2.45) is 0 Å². The zero-order chi connectivity index (χ0) is 29.6. The number of aromatic nitrogens is 2. The van der Waals surface area contributed by atoms with Crippen molar-refractivity contribution in [1.82, 2.24) is 19.4 Å². The molecule has 2 aromatic carbocycles. The fraction of sp³-hybridized carbons (Fsp3) is 0.400. The zero-order valence-corrected chi connectivity index (χ0v) is 23.0. The van der Waals surface area contributed by atoms with Crippen molar-refractivity contribution >= 4 is 38.4 Å². The molecule has 0 radical (unpaired) electrons. The van der Waals surface area contributed by atoms with Crippen molar-refractivity contribution < 1.29 is 31.5 Å². The molecule has 0 bridgehead atoms. The number of carbonyl (C=O) groups is 1. The molecule has 1 aliphatic heterocycles. The lowest BCUT2D eigenvalue weighted by atomic mass is 10.0. The van der Waals surface area contributed by atoms with Gasteiger partial charge in [-0.3, -0.25) is 14.3 Å². The molecule has 0 aliphatic carbocycles. The fourth-order valence-electron chi connectivity index (χ4n) is 4.85. The van der Waals surface area contributed by atoms with Crippen LogP contribution in [-0.4, -0.2) is 70.9 Å². The number of H-pyrrole nitrogens is 1. The van der Waals surface area contributed by atoms with Gasteiger partial charge < -0.3 is 15.0 Å². The number of benzene rings is 2. The van der Waals surface area contributed by atoms with E-state index in [0.29, 0.717) is 23.6 Å². The van der Waals surface area contributed by atoms with Crippen LogP contribution in [0.2, 0.25) is 5.02 Å². The first-order valence-corrected chi connectivity index (χ1v) is 14.2. The molecule has 1 aliphatic rings. The molecule has 1 unspecified atom stereocenters. The van der Waals surface area contributed by atoms with Gasteiger partial charge in [-0.1, -0.05) is 18.5 Å². The number of rotatable bonds is 7. The van der Waals surface area contributed by atoms with Gasteiger partial charge in [0.2, 0.25) is 0 Å². The van der Waals surface area contributed by atoms with E-state index >= 15 is 0 Å². The number of aromatic amines is 1. The molecule has 1 atom stereocenters. The lowest BCUT2D eigenvalue weighted by Crippen LogP contribution is -2.38. The minimum atomic E-state index is -4.83. The first-order valence-electron chi connectivity index (χ1n) is 12.2. The number of alkyl halides is 3. The molecule has 1 aromatic heterocycles. The molecule has 0 spiro atoms. The Hall–Kier alpha value is -3.36. The standard InChI is InChI=1S/C25H26ClF3N4O6S/c1-3-40(38,39)21-5-4-16(26)8-15(21)12-33-22(34)18-10-19(25(27,28)29)14(9-20(18)30-23(33)35)11-32-7-6-17(13-32)31(2)24(36)37/h4-5,8-10,17H,3,6-7,11-13H2,1-2H3,(H,30,35)(H,36,37). The summed E-state index contributed by atoms with van der Waals surface area (Å²) in [7, 11) is -2.37. The zero-order valence-electron chi connectivity index (χ0n) is 21.5. The summed E-state index contributed by atoms with van der Waals surface area (Å²) in [5.41, 5.74) is -3.28. The molecule has 2 heterocycles. The summed E-state index contributed by atoms with van der Waals surface area (Å²) < 4.78 is 68.1. The van der Waals surface area contributed by atoms with Crippen molar-refractivity contribution in [1.29, 1.82) is 0 Å². The predicted octanol–water partition coefficient (Wildman–Crippen LogP) is 3.39. The molecule has 10 nitrogen and oxygen atoms in total. The van der Waals surface area contributed by atoms with E-state index < -0.39 is 50.9 Å². The molecule has 2 N–H and O–H groups in total. The topological polar surface area (TPSA) is 133 Å². The van der Waals surface area contributed by atoms with Gasteiger partial charge in [-0.15, -0.1) is 0 Å². The van der Waals surface area contributed by atoms with Crippen LogP contribution >= 0.6 is 11.6 Å². The Labute approximate surface area is 231 Å². The number of nitrogens with one attached hydrogen (secondary N) is 1. The van der Waals surface area contributed by atoms with Crippen LogP contribution in [0.5, 0.6) is 0 Å². The lowest BCUT2D eigenvalue weighted by molar-refractivity contribution is -0.138. The highest BCUT2D eigenvalue weighted by atomic mass is 35.5. The molecule has 1 amide bonds. The average molecular weight is 603 g/mol. The maximum Gasteiger partial charge on any atom is 0.416 e. The van der Waals surface area contributed by atoms with Crippen molar-refractivity contribution in [3.8, 4) is 0 Å². The second-order valence-electron chi connectivity index (χ2n) is 9.60. The summed E-state index contributed by atoms with van der Waals surface area (Å²) in [6, 6.07) is 5.29. The number of hydrogen-bond acceptors (Lipinski definition) is 6. The van der Waals surface area contributed by atoms with Crippen molar-refractivity contribution in [3.63, 3.8) is 0 Å². The molecule has 15 heteroatoms. The highest BCUT2D eigenvalue weighted by Gasteiger charge is 2.36. The third kappa shape index (κ3) is 5.88. The van der Waals surface area contributed by atoms with Gasteiger partial charge in [-0.05, 0) is 47.9 Å². The average Bonchev–Trinajstić information content (AvgIpc) is 3.33. The number of nitrogens with zero attached hydrogens (tertiary/aromatic N) is 3. The number of sulfone groups is 1. The monoisotopic (exact) mass is 602 g/mol. The van der Waals surface area contributed by atoms with Gasteiger partial charge in [0.25, 0.3) is 5.56 Å². The SMILES string of the molecule is CCS(=O)(=O)c1ccc(Cl)cc1Cn1c(=O)[nH]c2cc(CN3CCC(N(C)C(=O)O)C3)c(C(F)(F)F)cc2c1=O. The van der Waals surface area contributed by atoms with Crippen LogP contribution in [0.25, 0.3) is 10.9 Å². The largest absolute Gasteiger partial charge is 0.465 e. The summed E-state index contributed by atoms with van der Waals surface area (Å²) in [6.07, 6.45) is -5.53. The maximum absolute atomic E-state index is 14.1. The van der Waals surface area contributed by atoms with Crippen molar-refractivity contribution in [2.75, 3.05) is 25.9 Å². The van der Waals surface area contributed by atoms with Crippen molar-refractivity contribution in [2.45, 2.75) is 43.5 Å². The van der Waals surface area contributed by atoms with E-state index in [2.05, 4.69) is 4.98 Å². The molecular formula is C25H26ClF3N4O6S.